The number of aliphatic hydroxyl groups is 1. The predicted molar refractivity (Wildman–Crippen MR) is 108 cm³/mol. The Morgan fingerprint density at radius 3 is 2.50 bits per heavy atom. The lowest BCUT2D eigenvalue weighted by atomic mass is 9.69. The summed E-state index contributed by atoms with van der Waals surface area (Å²) in [6, 6.07) is 10.3. The van der Waals surface area contributed by atoms with E-state index in [4.69, 9.17) is 0 Å². The molecule has 5 heteroatoms. The molecule has 1 aromatic rings. The highest BCUT2D eigenvalue weighted by atomic mass is 16.3. The lowest BCUT2D eigenvalue weighted by Crippen LogP contribution is -2.57. The van der Waals surface area contributed by atoms with Gasteiger partial charge in [-0.25, -0.2) is 0 Å². The maximum absolute atomic E-state index is 13.6. The van der Waals surface area contributed by atoms with Crippen molar-refractivity contribution in [3.05, 3.63) is 35.9 Å². The monoisotopic (exact) mass is 384 g/mol. The topological polar surface area (TPSA) is 69.6 Å². The van der Waals surface area contributed by atoms with E-state index in [1.54, 1.807) is 0 Å². The first-order valence-electron chi connectivity index (χ1n) is 10.7. The van der Waals surface area contributed by atoms with Crippen LogP contribution in [-0.2, 0) is 16.0 Å². The van der Waals surface area contributed by atoms with E-state index in [9.17, 15) is 14.7 Å². The van der Waals surface area contributed by atoms with Crippen molar-refractivity contribution in [2.24, 2.45) is 11.3 Å². The van der Waals surface area contributed by atoms with Gasteiger partial charge in [0.05, 0.1) is 17.6 Å². The van der Waals surface area contributed by atoms with E-state index in [2.05, 4.69) is 22.3 Å². The van der Waals surface area contributed by atoms with Crippen LogP contribution in [0.1, 0.15) is 57.9 Å². The molecular formula is C23H32N2O3. The molecule has 2 N–H and O–H groups in total. The summed E-state index contributed by atoms with van der Waals surface area (Å²) in [5.74, 6) is 0.407. The fourth-order valence-electron chi connectivity index (χ4n) is 5.33. The first kappa shape index (κ1) is 19.4. The Labute approximate surface area is 167 Å². The lowest BCUT2D eigenvalue weighted by Gasteiger charge is -2.39. The maximum Gasteiger partial charge on any atom is 0.229 e. The van der Waals surface area contributed by atoms with E-state index in [1.807, 2.05) is 32.0 Å². The molecule has 2 saturated heterocycles. The molecule has 2 aliphatic heterocycles. The van der Waals surface area contributed by atoms with Gasteiger partial charge in [-0.2, -0.15) is 0 Å². The maximum atomic E-state index is 13.6. The summed E-state index contributed by atoms with van der Waals surface area (Å²) in [6.45, 7) is 3.57. The third-order valence-corrected chi connectivity index (χ3v) is 7.11. The summed E-state index contributed by atoms with van der Waals surface area (Å²) in [5.41, 5.74) is -0.162. The van der Waals surface area contributed by atoms with E-state index in [-0.39, 0.29) is 36.4 Å². The zero-order chi connectivity index (χ0) is 19.9. The van der Waals surface area contributed by atoms with E-state index in [0.717, 1.165) is 44.1 Å². The highest BCUT2D eigenvalue weighted by molar-refractivity contribution is 5.88. The van der Waals surface area contributed by atoms with Gasteiger partial charge in [-0.1, -0.05) is 36.8 Å². The molecular weight excluding hydrogens is 352 g/mol. The third-order valence-electron chi connectivity index (χ3n) is 7.11. The molecule has 3 aliphatic rings. The Balaban J connectivity index is 1.66. The second-order valence-corrected chi connectivity index (χ2v) is 9.64. The van der Waals surface area contributed by atoms with Crippen LogP contribution >= 0.6 is 0 Å². The van der Waals surface area contributed by atoms with Crippen molar-refractivity contribution in [1.29, 1.82) is 0 Å². The van der Waals surface area contributed by atoms with Crippen molar-refractivity contribution >= 4 is 11.8 Å². The molecule has 0 radical (unpaired) electrons. The van der Waals surface area contributed by atoms with Crippen LogP contribution < -0.4 is 5.32 Å². The number of amides is 2. The van der Waals surface area contributed by atoms with Crippen molar-refractivity contribution in [1.82, 2.24) is 10.2 Å². The van der Waals surface area contributed by atoms with Crippen molar-refractivity contribution in [3.8, 4) is 0 Å². The molecule has 1 saturated carbocycles. The number of rotatable bonds is 6. The molecule has 0 aromatic heterocycles. The van der Waals surface area contributed by atoms with Crippen LogP contribution in [0.5, 0.6) is 0 Å². The molecule has 2 bridgehead atoms. The summed E-state index contributed by atoms with van der Waals surface area (Å²) >= 11 is 0. The normalized spacial score (nSPS) is 29.6. The van der Waals surface area contributed by atoms with Crippen molar-refractivity contribution < 1.29 is 14.7 Å². The van der Waals surface area contributed by atoms with Crippen LogP contribution in [0.2, 0.25) is 0 Å². The van der Waals surface area contributed by atoms with Gasteiger partial charge in [-0.05, 0) is 57.9 Å². The zero-order valence-corrected chi connectivity index (χ0v) is 17.0. The van der Waals surface area contributed by atoms with Gasteiger partial charge in [-0.15, -0.1) is 0 Å². The lowest BCUT2D eigenvalue weighted by molar-refractivity contribution is -0.142. The molecule has 5 nitrogen and oxygen atoms in total. The van der Waals surface area contributed by atoms with Crippen molar-refractivity contribution in [2.45, 2.75) is 76.4 Å². The fraction of sp³-hybridized carbons (Fsp3) is 0.652. The second kappa shape index (κ2) is 7.18. The van der Waals surface area contributed by atoms with Crippen LogP contribution in [0.25, 0.3) is 0 Å². The van der Waals surface area contributed by atoms with Gasteiger partial charge >= 0.3 is 0 Å². The van der Waals surface area contributed by atoms with E-state index in [1.165, 1.54) is 0 Å². The molecule has 1 aromatic carbocycles. The number of fused-ring (bicyclic) bond motifs is 2. The molecule has 2 amide bonds. The van der Waals surface area contributed by atoms with Crippen LogP contribution in [-0.4, -0.2) is 46.1 Å². The van der Waals surface area contributed by atoms with Crippen molar-refractivity contribution in [3.63, 3.8) is 0 Å². The molecule has 28 heavy (non-hydrogen) atoms. The summed E-state index contributed by atoms with van der Waals surface area (Å²) < 4.78 is 0. The summed E-state index contributed by atoms with van der Waals surface area (Å²) in [5, 5.41) is 12.7. The summed E-state index contributed by atoms with van der Waals surface area (Å²) in [7, 11) is 0. The molecule has 2 heterocycles. The van der Waals surface area contributed by atoms with Gasteiger partial charge in [0.25, 0.3) is 0 Å². The number of nitrogens with one attached hydrogen (secondary N) is 1. The van der Waals surface area contributed by atoms with Gasteiger partial charge in [-0.3, -0.25) is 9.59 Å². The Morgan fingerprint density at radius 2 is 1.89 bits per heavy atom. The van der Waals surface area contributed by atoms with Crippen molar-refractivity contribution in [2.75, 3.05) is 6.61 Å². The summed E-state index contributed by atoms with van der Waals surface area (Å²) in [6.07, 6.45) is 6.36. The highest BCUT2D eigenvalue weighted by Gasteiger charge is 2.61. The minimum absolute atomic E-state index is 0.0194. The Bertz CT molecular complexity index is 743. The molecule has 3 atom stereocenters. The first-order chi connectivity index (χ1) is 13.4. The van der Waals surface area contributed by atoms with Gasteiger partial charge in [0.1, 0.15) is 0 Å². The second-order valence-electron chi connectivity index (χ2n) is 9.64. The van der Waals surface area contributed by atoms with Crippen LogP contribution in [0, 0.1) is 11.3 Å². The fourth-order valence-corrected chi connectivity index (χ4v) is 5.33. The number of aliphatic hydroxyl groups excluding tert-OH is 1. The Hall–Kier alpha value is -1.88. The number of benzene rings is 1. The number of nitrogens with zero attached hydrogens (tertiary/aromatic N) is 1. The van der Waals surface area contributed by atoms with Gasteiger partial charge < -0.3 is 15.3 Å². The largest absolute Gasteiger partial charge is 0.394 e. The van der Waals surface area contributed by atoms with E-state index >= 15 is 0 Å². The zero-order valence-electron chi connectivity index (χ0n) is 17.0. The SMILES string of the molecule is CC(C)(CO)NC(=O)[C@]1(Cc2ccccc2)C[C@@H]2CC[C@H]1N2C(=O)C1CCC1. The smallest absolute Gasteiger partial charge is 0.229 e. The van der Waals surface area contributed by atoms with Gasteiger partial charge in [0, 0.05) is 18.0 Å². The minimum Gasteiger partial charge on any atom is -0.394 e. The summed E-state index contributed by atoms with van der Waals surface area (Å²) in [4.78, 5) is 28.8. The Kier molecular flexibility index (Phi) is 4.98. The van der Waals surface area contributed by atoms with Gasteiger partial charge in [0.2, 0.25) is 11.8 Å². The molecule has 3 fully saturated rings. The minimum atomic E-state index is -0.675. The average Bonchev–Trinajstić information content (AvgIpc) is 3.17. The number of hydrogen-bond donors (Lipinski definition) is 2. The molecule has 152 valence electrons. The van der Waals surface area contributed by atoms with E-state index in [0.29, 0.717) is 6.42 Å². The Morgan fingerprint density at radius 1 is 1.18 bits per heavy atom. The first-order valence-corrected chi connectivity index (χ1v) is 10.7. The number of carbonyl (C=O) groups is 2. The van der Waals surface area contributed by atoms with Crippen LogP contribution in [0.15, 0.2) is 30.3 Å². The average molecular weight is 385 g/mol. The quantitative estimate of drug-likeness (QED) is 0.792. The predicted octanol–water partition coefficient (Wildman–Crippen LogP) is 2.67. The third kappa shape index (κ3) is 3.24. The highest BCUT2D eigenvalue weighted by Crippen LogP contribution is 2.53. The van der Waals surface area contributed by atoms with E-state index < -0.39 is 11.0 Å². The molecule has 4 rings (SSSR count). The van der Waals surface area contributed by atoms with Crippen LogP contribution in [0.3, 0.4) is 0 Å². The number of hydrogen-bond acceptors (Lipinski definition) is 3. The molecule has 0 spiro atoms. The molecule has 0 unspecified atom stereocenters. The van der Waals surface area contributed by atoms with Crippen LogP contribution in [0.4, 0.5) is 0 Å². The molecule has 1 aliphatic carbocycles. The van der Waals surface area contributed by atoms with Gasteiger partial charge in [0.15, 0.2) is 0 Å². The standard InChI is InChI=1S/C23H32N2O3/c1-22(2,15-26)24-21(28)23(13-16-7-4-3-5-8-16)14-18-11-12-19(23)25(18)20(27)17-9-6-10-17/h3-5,7-8,17-19,26H,6,9-15H2,1-2H3,(H,24,28)/t18-,19+,23+/m0/s1. The number of carbonyl (C=O) groups excluding carboxylic acids is 2.